The van der Waals surface area contributed by atoms with Gasteiger partial charge in [-0.3, -0.25) is 0 Å². The summed E-state index contributed by atoms with van der Waals surface area (Å²) in [7, 11) is 0. The Hall–Kier alpha value is -1.78. The molecule has 0 fully saturated rings. The fourth-order valence-electron chi connectivity index (χ4n) is 0.996. The zero-order chi connectivity index (χ0) is 12.6. The number of benzene rings is 1. The third-order valence-electron chi connectivity index (χ3n) is 1.69. The van der Waals surface area contributed by atoms with Gasteiger partial charge in [-0.05, 0) is 6.07 Å². The van der Waals surface area contributed by atoms with E-state index < -0.39 is 29.2 Å². The Morgan fingerprint density at radius 2 is 1.19 bits per heavy atom. The van der Waals surface area contributed by atoms with Crippen molar-refractivity contribution >= 4 is 5.69 Å². The molecule has 0 radical (unpaired) electrons. The summed E-state index contributed by atoms with van der Waals surface area (Å²) in [6.45, 7) is 0. The Bertz CT molecular complexity index is 407. The van der Waals surface area contributed by atoms with E-state index in [1.807, 2.05) is 0 Å². The number of hydrogen-bond acceptors (Lipinski definition) is 1. The molecule has 0 aliphatic heterocycles. The molecule has 0 aliphatic rings. The molecule has 8 heteroatoms. The molecule has 0 N–H and O–H groups in total. The molecule has 0 aromatic heterocycles. The zero-order valence-corrected chi connectivity index (χ0v) is 7.39. The minimum Gasteiger partial charge on any atom is -0.166 e. The minimum absolute atomic E-state index is 0.0469. The lowest BCUT2D eigenvalue weighted by Crippen LogP contribution is -2.10. The van der Waals surface area contributed by atoms with Crippen LogP contribution in [0.4, 0.5) is 32.0 Å². The van der Waals surface area contributed by atoms with Crippen LogP contribution in [0.5, 0.6) is 0 Å². The lowest BCUT2D eigenvalue weighted by molar-refractivity contribution is -0.143. The highest BCUT2D eigenvalue weighted by Crippen LogP contribution is 2.38. The third-order valence-corrected chi connectivity index (χ3v) is 1.69. The van der Waals surface area contributed by atoms with Crippen LogP contribution in [0.1, 0.15) is 11.1 Å². The van der Waals surface area contributed by atoms with Gasteiger partial charge in [0.25, 0.3) is 0 Å². The van der Waals surface area contributed by atoms with Crippen molar-refractivity contribution in [1.29, 1.82) is 5.39 Å². The summed E-state index contributed by atoms with van der Waals surface area (Å²) >= 11 is 0. The molecule has 0 saturated carbocycles. The number of alkyl halides is 6. The Morgan fingerprint density at radius 3 is 1.44 bits per heavy atom. The van der Waals surface area contributed by atoms with Crippen LogP contribution < -0.4 is 0 Å². The van der Waals surface area contributed by atoms with Crippen molar-refractivity contribution in [2.24, 2.45) is 0 Å². The van der Waals surface area contributed by atoms with E-state index in [0.29, 0.717) is 12.1 Å². The molecule has 0 spiro atoms. The quantitative estimate of drug-likeness (QED) is 0.494. The molecule has 0 unspecified atom stereocenters. The maximum absolute atomic E-state index is 12.2. The van der Waals surface area contributed by atoms with E-state index in [1.165, 1.54) is 0 Å². The highest BCUT2D eigenvalue weighted by atomic mass is 19.4. The van der Waals surface area contributed by atoms with Gasteiger partial charge in [-0.25, -0.2) is 0 Å². The minimum atomic E-state index is -4.93. The standard InChI is InChI=1S/C8H3F6N2/c9-7(10,11)4-1-5(8(12,13)14)3-6(2-4)16-15/h1-3H/q+1. The average molecular weight is 241 g/mol. The molecule has 0 aliphatic carbocycles. The Morgan fingerprint density at radius 1 is 0.812 bits per heavy atom. The Kier molecular flexibility index (Phi) is 2.81. The van der Waals surface area contributed by atoms with Gasteiger partial charge in [-0.2, -0.15) is 26.3 Å². The monoisotopic (exact) mass is 241 g/mol. The SMILES string of the molecule is N#[N+]c1cc(C(F)(F)F)cc(C(F)(F)F)c1. The summed E-state index contributed by atoms with van der Waals surface area (Å²) < 4.78 is 73.1. The second-order valence-electron chi connectivity index (χ2n) is 2.86. The molecule has 86 valence electrons. The normalized spacial score (nSPS) is 12.3. The summed E-state index contributed by atoms with van der Waals surface area (Å²) in [5.74, 6) is 0. The molecule has 2 nitrogen and oxygen atoms in total. The number of diazo groups is 1. The van der Waals surface area contributed by atoms with Gasteiger partial charge in [-0.1, -0.05) is 0 Å². The van der Waals surface area contributed by atoms with Crippen LogP contribution in [-0.2, 0) is 12.4 Å². The topological polar surface area (TPSA) is 28.1 Å². The van der Waals surface area contributed by atoms with Crippen molar-refractivity contribution in [1.82, 2.24) is 0 Å². The van der Waals surface area contributed by atoms with Crippen molar-refractivity contribution in [3.05, 3.63) is 34.3 Å². The first kappa shape index (κ1) is 12.3. The molecule has 0 bridgehead atoms. The summed E-state index contributed by atoms with van der Waals surface area (Å²) in [6.07, 6.45) is -9.86. The predicted molar refractivity (Wildman–Crippen MR) is 41.2 cm³/mol. The second-order valence-corrected chi connectivity index (χ2v) is 2.86. The number of rotatable bonds is 0. The summed E-state index contributed by atoms with van der Waals surface area (Å²) in [4.78, 5) is 2.32. The highest BCUT2D eigenvalue weighted by molar-refractivity contribution is 5.50. The third kappa shape index (κ3) is 2.62. The van der Waals surface area contributed by atoms with Gasteiger partial charge < -0.3 is 0 Å². The first-order chi connectivity index (χ1) is 7.14. The van der Waals surface area contributed by atoms with Gasteiger partial charge in [0.05, 0.1) is 11.1 Å². The van der Waals surface area contributed by atoms with Crippen LogP contribution in [0, 0.1) is 5.39 Å². The van der Waals surface area contributed by atoms with E-state index in [4.69, 9.17) is 5.39 Å². The summed E-state index contributed by atoms with van der Waals surface area (Å²) in [5.41, 5.74) is -3.84. The van der Waals surface area contributed by atoms with Gasteiger partial charge in [-0.15, -0.1) is 0 Å². The molecule has 16 heavy (non-hydrogen) atoms. The van der Waals surface area contributed by atoms with Gasteiger partial charge in [0.15, 0.2) is 4.98 Å². The van der Waals surface area contributed by atoms with E-state index in [2.05, 4.69) is 4.98 Å². The first-order valence-corrected chi connectivity index (χ1v) is 3.79. The molecular weight excluding hydrogens is 238 g/mol. The van der Waals surface area contributed by atoms with Crippen LogP contribution in [0.2, 0.25) is 0 Å². The lowest BCUT2D eigenvalue weighted by Gasteiger charge is -2.09. The molecule has 0 atom stereocenters. The maximum Gasteiger partial charge on any atom is 0.416 e. The van der Waals surface area contributed by atoms with Gasteiger partial charge in [0.1, 0.15) is 0 Å². The predicted octanol–water partition coefficient (Wildman–Crippen LogP) is 4.21. The number of halogens is 6. The average Bonchev–Trinajstić information content (AvgIpc) is 2.14. The Labute approximate surface area is 85.1 Å². The van der Waals surface area contributed by atoms with Crippen LogP contribution in [0.25, 0.3) is 4.98 Å². The Balaban J connectivity index is 3.41. The van der Waals surface area contributed by atoms with Gasteiger partial charge >= 0.3 is 18.0 Å². The molecule has 1 aromatic carbocycles. The van der Waals surface area contributed by atoms with Crippen molar-refractivity contribution in [3.63, 3.8) is 0 Å². The second kappa shape index (κ2) is 3.66. The van der Waals surface area contributed by atoms with Crippen molar-refractivity contribution in [3.8, 4) is 0 Å². The van der Waals surface area contributed by atoms with Crippen molar-refractivity contribution in [2.75, 3.05) is 0 Å². The van der Waals surface area contributed by atoms with E-state index in [1.54, 1.807) is 0 Å². The molecule has 1 rings (SSSR count). The molecule has 0 amide bonds. The highest BCUT2D eigenvalue weighted by Gasteiger charge is 2.38. The molecule has 0 saturated heterocycles. The van der Waals surface area contributed by atoms with Crippen LogP contribution in [0.15, 0.2) is 18.2 Å². The molecule has 0 heterocycles. The van der Waals surface area contributed by atoms with Crippen molar-refractivity contribution < 1.29 is 26.3 Å². The van der Waals surface area contributed by atoms with E-state index in [0.717, 1.165) is 0 Å². The fourth-order valence-corrected chi connectivity index (χ4v) is 0.996. The zero-order valence-electron chi connectivity index (χ0n) is 7.39. The van der Waals surface area contributed by atoms with E-state index in [9.17, 15) is 26.3 Å². The van der Waals surface area contributed by atoms with Crippen LogP contribution in [-0.4, -0.2) is 0 Å². The van der Waals surface area contributed by atoms with Gasteiger partial charge in [0, 0.05) is 12.1 Å². The van der Waals surface area contributed by atoms with Gasteiger partial charge in [0.2, 0.25) is 5.39 Å². The first-order valence-electron chi connectivity index (χ1n) is 3.79. The fraction of sp³-hybridized carbons (Fsp3) is 0.250. The van der Waals surface area contributed by atoms with E-state index in [-0.39, 0.29) is 6.07 Å². The van der Waals surface area contributed by atoms with Crippen LogP contribution in [0.3, 0.4) is 0 Å². The molecule has 1 aromatic rings. The molecular formula is C8H3F6N2+. The lowest BCUT2D eigenvalue weighted by atomic mass is 10.1. The smallest absolute Gasteiger partial charge is 0.166 e. The van der Waals surface area contributed by atoms with Crippen molar-refractivity contribution in [2.45, 2.75) is 12.4 Å². The maximum atomic E-state index is 12.2. The largest absolute Gasteiger partial charge is 0.416 e. The van der Waals surface area contributed by atoms with Crippen LogP contribution >= 0.6 is 0 Å². The van der Waals surface area contributed by atoms with E-state index >= 15 is 0 Å². The summed E-state index contributed by atoms with van der Waals surface area (Å²) in [6, 6.07) is 0.582. The number of nitrogens with zero attached hydrogens (tertiary/aromatic N) is 2. The number of hydrogen-bond donors (Lipinski definition) is 0. The summed E-state index contributed by atoms with van der Waals surface area (Å²) in [5, 5.41) is 8.21.